The highest BCUT2D eigenvalue weighted by Gasteiger charge is 2.15. The molecule has 108 valence electrons. The topological polar surface area (TPSA) is 41.1 Å². The van der Waals surface area contributed by atoms with Crippen molar-refractivity contribution in [1.82, 2.24) is 10.6 Å². The van der Waals surface area contributed by atoms with Crippen LogP contribution in [0, 0.1) is 18.7 Å². The van der Waals surface area contributed by atoms with Crippen molar-refractivity contribution in [3.05, 3.63) is 35.1 Å². The van der Waals surface area contributed by atoms with Gasteiger partial charge in [-0.2, -0.15) is 0 Å². The number of carbonyl (C=O) groups excluding carboxylic acids is 1. The minimum absolute atomic E-state index is 0. The summed E-state index contributed by atoms with van der Waals surface area (Å²) in [6, 6.07) is 4.85. The van der Waals surface area contributed by atoms with Gasteiger partial charge in [-0.05, 0) is 38.1 Å². The van der Waals surface area contributed by atoms with Gasteiger partial charge in [0.15, 0.2) is 0 Å². The number of hydrogen-bond donors (Lipinski definition) is 2. The van der Waals surface area contributed by atoms with Crippen molar-refractivity contribution >= 4 is 18.3 Å². The maximum absolute atomic E-state index is 13.4. The van der Waals surface area contributed by atoms with Crippen LogP contribution < -0.4 is 10.6 Å². The van der Waals surface area contributed by atoms with E-state index in [1.807, 2.05) is 27.0 Å². The summed E-state index contributed by atoms with van der Waals surface area (Å²) in [5, 5.41) is 5.84. The predicted molar refractivity (Wildman–Crippen MR) is 78.0 cm³/mol. The first-order chi connectivity index (χ1) is 8.45. The Morgan fingerprint density at radius 1 is 1.37 bits per heavy atom. The molecule has 5 heteroatoms. The van der Waals surface area contributed by atoms with Crippen LogP contribution in [0.4, 0.5) is 4.39 Å². The molecular formula is C14H22ClFN2O. The van der Waals surface area contributed by atoms with Gasteiger partial charge in [-0.15, -0.1) is 12.4 Å². The summed E-state index contributed by atoms with van der Waals surface area (Å²) in [6.45, 7) is 6.06. The molecule has 1 rings (SSSR count). The van der Waals surface area contributed by atoms with E-state index in [0.29, 0.717) is 12.1 Å². The van der Waals surface area contributed by atoms with Crippen molar-refractivity contribution in [3.63, 3.8) is 0 Å². The van der Waals surface area contributed by atoms with E-state index in [1.165, 1.54) is 6.07 Å². The molecule has 0 bridgehead atoms. The van der Waals surface area contributed by atoms with Crippen LogP contribution in [-0.4, -0.2) is 19.5 Å². The smallest absolute Gasteiger partial charge is 0.224 e. The van der Waals surface area contributed by atoms with Crippen LogP contribution in [0.3, 0.4) is 0 Å². The Bertz CT molecular complexity index is 426. The monoisotopic (exact) mass is 288 g/mol. The van der Waals surface area contributed by atoms with Crippen molar-refractivity contribution in [2.75, 3.05) is 13.6 Å². The molecule has 2 atom stereocenters. The summed E-state index contributed by atoms with van der Waals surface area (Å²) in [5.41, 5.74) is 1.39. The molecule has 0 aliphatic rings. The highest BCUT2D eigenvalue weighted by molar-refractivity contribution is 5.85. The highest BCUT2D eigenvalue weighted by atomic mass is 35.5. The fourth-order valence-electron chi connectivity index (χ4n) is 1.72. The summed E-state index contributed by atoms with van der Waals surface area (Å²) in [5.74, 6) is -0.373. The van der Waals surface area contributed by atoms with Crippen LogP contribution in [0.2, 0.25) is 0 Å². The quantitative estimate of drug-likeness (QED) is 0.874. The van der Waals surface area contributed by atoms with E-state index in [4.69, 9.17) is 0 Å². The first-order valence-corrected chi connectivity index (χ1v) is 6.16. The summed E-state index contributed by atoms with van der Waals surface area (Å²) >= 11 is 0. The highest BCUT2D eigenvalue weighted by Crippen LogP contribution is 2.16. The van der Waals surface area contributed by atoms with Gasteiger partial charge in [-0.25, -0.2) is 4.39 Å². The van der Waals surface area contributed by atoms with Crippen molar-refractivity contribution < 1.29 is 9.18 Å². The molecule has 2 N–H and O–H groups in total. The van der Waals surface area contributed by atoms with E-state index in [2.05, 4.69) is 10.6 Å². The number of aryl methyl sites for hydroxylation is 1. The molecule has 0 fully saturated rings. The zero-order valence-electron chi connectivity index (χ0n) is 11.8. The lowest BCUT2D eigenvalue weighted by atomic mass is 10.0. The molecule has 0 heterocycles. The lowest BCUT2D eigenvalue weighted by Crippen LogP contribution is -2.35. The van der Waals surface area contributed by atoms with Crippen molar-refractivity contribution in [1.29, 1.82) is 0 Å². The fraction of sp³-hybridized carbons (Fsp3) is 0.500. The molecule has 19 heavy (non-hydrogen) atoms. The van der Waals surface area contributed by atoms with Crippen LogP contribution in [0.25, 0.3) is 0 Å². The minimum atomic E-state index is -0.239. The molecule has 1 aromatic rings. The third-order valence-corrected chi connectivity index (χ3v) is 3.01. The Morgan fingerprint density at radius 2 is 2.00 bits per heavy atom. The number of rotatable bonds is 5. The van der Waals surface area contributed by atoms with Crippen LogP contribution >= 0.6 is 12.4 Å². The summed E-state index contributed by atoms with van der Waals surface area (Å²) in [6.07, 6.45) is 0. The molecule has 1 amide bonds. The summed E-state index contributed by atoms with van der Waals surface area (Å²) < 4.78 is 13.4. The standard InChI is InChI=1S/C14H21FN2O.ClH/c1-9-5-6-12(7-13(9)15)11(3)17-14(18)10(2)8-16-4;/h5-7,10-11,16H,8H2,1-4H3,(H,17,18);1H. The largest absolute Gasteiger partial charge is 0.349 e. The second kappa shape index (κ2) is 8.12. The van der Waals surface area contributed by atoms with E-state index >= 15 is 0 Å². The Hall–Kier alpha value is -1.13. The maximum atomic E-state index is 13.4. The number of amides is 1. The molecule has 1 aromatic carbocycles. The average Bonchev–Trinajstić information content (AvgIpc) is 2.32. The molecule has 0 spiro atoms. The Balaban J connectivity index is 0.00000324. The lowest BCUT2D eigenvalue weighted by Gasteiger charge is -2.18. The van der Waals surface area contributed by atoms with Crippen LogP contribution in [-0.2, 0) is 4.79 Å². The third kappa shape index (κ3) is 5.17. The van der Waals surface area contributed by atoms with Gasteiger partial charge in [0, 0.05) is 12.5 Å². The third-order valence-electron chi connectivity index (χ3n) is 3.01. The van der Waals surface area contributed by atoms with Crippen molar-refractivity contribution in [2.24, 2.45) is 5.92 Å². The van der Waals surface area contributed by atoms with E-state index in [-0.39, 0.29) is 36.1 Å². The number of nitrogens with one attached hydrogen (secondary N) is 2. The zero-order chi connectivity index (χ0) is 13.7. The molecule has 3 nitrogen and oxygen atoms in total. The summed E-state index contributed by atoms with van der Waals surface area (Å²) in [4.78, 5) is 11.8. The van der Waals surface area contributed by atoms with Crippen LogP contribution in [0.5, 0.6) is 0 Å². The Morgan fingerprint density at radius 3 is 2.53 bits per heavy atom. The van der Waals surface area contributed by atoms with Gasteiger partial charge in [0.1, 0.15) is 5.82 Å². The summed E-state index contributed by atoms with van der Waals surface area (Å²) in [7, 11) is 1.81. The number of benzene rings is 1. The van der Waals surface area contributed by atoms with Crippen molar-refractivity contribution in [2.45, 2.75) is 26.8 Å². The van der Waals surface area contributed by atoms with Gasteiger partial charge in [0.05, 0.1) is 6.04 Å². The SMILES string of the molecule is CNCC(C)C(=O)NC(C)c1ccc(C)c(F)c1.Cl. The van der Waals surface area contributed by atoms with Crippen LogP contribution in [0.15, 0.2) is 18.2 Å². The first kappa shape index (κ1) is 17.9. The molecule has 0 aromatic heterocycles. The molecule has 0 aliphatic carbocycles. The first-order valence-electron chi connectivity index (χ1n) is 6.16. The molecule has 2 unspecified atom stereocenters. The van der Waals surface area contributed by atoms with Crippen LogP contribution in [0.1, 0.15) is 31.0 Å². The number of hydrogen-bond acceptors (Lipinski definition) is 2. The van der Waals surface area contributed by atoms with E-state index in [0.717, 1.165) is 5.56 Å². The number of halogens is 2. The Kier molecular flexibility index (Phi) is 7.64. The van der Waals surface area contributed by atoms with Gasteiger partial charge in [0.25, 0.3) is 0 Å². The maximum Gasteiger partial charge on any atom is 0.224 e. The normalized spacial score (nSPS) is 13.3. The van der Waals surface area contributed by atoms with E-state index < -0.39 is 0 Å². The predicted octanol–water partition coefficient (Wildman–Crippen LogP) is 2.59. The molecule has 0 saturated heterocycles. The lowest BCUT2D eigenvalue weighted by molar-refractivity contribution is -0.125. The zero-order valence-corrected chi connectivity index (χ0v) is 12.6. The minimum Gasteiger partial charge on any atom is -0.349 e. The molecule has 0 saturated carbocycles. The van der Waals surface area contributed by atoms with E-state index in [1.54, 1.807) is 13.0 Å². The Labute approximate surface area is 120 Å². The van der Waals surface area contributed by atoms with Crippen molar-refractivity contribution in [3.8, 4) is 0 Å². The van der Waals surface area contributed by atoms with Gasteiger partial charge in [-0.1, -0.05) is 19.1 Å². The molecular weight excluding hydrogens is 267 g/mol. The second-order valence-corrected chi connectivity index (χ2v) is 4.70. The molecule has 0 aliphatic heterocycles. The fourth-order valence-corrected chi connectivity index (χ4v) is 1.72. The average molecular weight is 289 g/mol. The second-order valence-electron chi connectivity index (χ2n) is 4.70. The molecule has 0 radical (unpaired) electrons. The van der Waals surface area contributed by atoms with Gasteiger partial charge in [0.2, 0.25) is 5.91 Å². The van der Waals surface area contributed by atoms with Gasteiger partial charge in [-0.3, -0.25) is 4.79 Å². The van der Waals surface area contributed by atoms with Gasteiger partial charge < -0.3 is 10.6 Å². The van der Waals surface area contributed by atoms with Gasteiger partial charge >= 0.3 is 0 Å². The number of carbonyl (C=O) groups is 1. The van der Waals surface area contributed by atoms with E-state index in [9.17, 15) is 9.18 Å².